The third-order valence-corrected chi connectivity index (χ3v) is 12.7. The maximum Gasteiger partial charge on any atom is 0.415 e. The van der Waals surface area contributed by atoms with Crippen molar-refractivity contribution in [3.63, 3.8) is 0 Å². The minimum absolute atomic E-state index is 0.169. The van der Waals surface area contributed by atoms with Crippen LogP contribution in [0.5, 0.6) is 0 Å². The first-order chi connectivity index (χ1) is 33.2. The molecule has 0 fully saturated rings. The van der Waals surface area contributed by atoms with Crippen LogP contribution in [0.1, 0.15) is 16.7 Å². The molecule has 318 valence electrons. The van der Waals surface area contributed by atoms with E-state index in [9.17, 15) is 23.7 Å². The van der Waals surface area contributed by atoms with Gasteiger partial charge in [-0.25, -0.2) is 9.69 Å². The van der Waals surface area contributed by atoms with Crippen molar-refractivity contribution in [2.75, 3.05) is 0 Å². The van der Waals surface area contributed by atoms with Crippen molar-refractivity contribution >= 4 is 55.0 Å². The second-order valence-corrected chi connectivity index (χ2v) is 16.4. The maximum atomic E-state index is 14.1. The first-order valence-corrected chi connectivity index (χ1v) is 21.5. The van der Waals surface area contributed by atoms with E-state index in [1.165, 1.54) is 6.07 Å². The van der Waals surface area contributed by atoms with Crippen LogP contribution in [-0.4, -0.2) is 9.13 Å². The van der Waals surface area contributed by atoms with Crippen molar-refractivity contribution in [1.82, 2.24) is 9.13 Å². The third-order valence-electron chi connectivity index (χ3n) is 12.7. The Morgan fingerprint density at radius 3 is 1.69 bits per heavy atom. The summed E-state index contributed by atoms with van der Waals surface area (Å²) >= 11 is 0. The molecule has 0 radical (unpaired) electrons. The second kappa shape index (κ2) is 16.1. The number of hydrogen-bond donors (Lipinski definition) is 0. The predicted octanol–water partition coefficient (Wildman–Crippen LogP) is 16.4. The van der Waals surface area contributed by atoms with Crippen LogP contribution in [0.2, 0.25) is 0 Å². The summed E-state index contributed by atoms with van der Waals surface area (Å²) in [6.45, 7) is 16.0. The molecule has 0 amide bonds. The SMILES string of the molecule is [C-]#[N+]c1ccccc1-c1ccc2c(c1)c1ccccc1n2-c1ccc(C#N)cc1-c1cc(-n2c3ccccc3c3cc(-c4ccccc4C#N)ccc32)ccc1-c1ccc(C(F)(F)F)cc1[N+]#[C-]. The molecule has 0 unspecified atom stereocenters. The lowest BCUT2D eigenvalue weighted by molar-refractivity contribution is -0.137. The van der Waals surface area contributed by atoms with Gasteiger partial charge in [-0.15, -0.1) is 0 Å². The molecule has 11 aromatic rings. The highest BCUT2D eigenvalue weighted by Gasteiger charge is 2.31. The Bertz CT molecular complexity index is 4090. The number of fused-ring (bicyclic) bond motifs is 6. The number of alkyl halides is 3. The van der Waals surface area contributed by atoms with Crippen LogP contribution in [0, 0.1) is 35.8 Å². The van der Waals surface area contributed by atoms with Gasteiger partial charge in [0.1, 0.15) is 0 Å². The zero-order valence-electron chi connectivity index (χ0n) is 35.7. The Hall–Kier alpha value is -9.67. The Balaban J connectivity index is 1.21. The summed E-state index contributed by atoms with van der Waals surface area (Å²) in [5, 5.41) is 24.2. The molecule has 68 heavy (non-hydrogen) atoms. The molecule has 2 aromatic heterocycles. The molecule has 0 spiro atoms. The molecule has 0 N–H and O–H groups in total. The van der Waals surface area contributed by atoms with Crippen LogP contribution in [0.15, 0.2) is 188 Å². The number of nitriles is 2. The van der Waals surface area contributed by atoms with E-state index in [1.54, 1.807) is 24.3 Å². The molecular formula is C59H31F3N6. The summed E-state index contributed by atoms with van der Waals surface area (Å²) in [4.78, 5) is 7.42. The Morgan fingerprint density at radius 2 is 1.01 bits per heavy atom. The summed E-state index contributed by atoms with van der Waals surface area (Å²) < 4.78 is 46.7. The fourth-order valence-corrected chi connectivity index (χ4v) is 9.64. The molecule has 0 aliphatic heterocycles. The van der Waals surface area contributed by atoms with E-state index < -0.39 is 11.7 Å². The first kappa shape index (κ1) is 41.1. The van der Waals surface area contributed by atoms with Crippen molar-refractivity contribution in [3.8, 4) is 68.0 Å². The molecule has 0 bridgehead atoms. The fourth-order valence-electron chi connectivity index (χ4n) is 9.64. The van der Waals surface area contributed by atoms with Crippen LogP contribution in [0.3, 0.4) is 0 Å². The van der Waals surface area contributed by atoms with Gasteiger partial charge >= 0.3 is 6.18 Å². The Kier molecular flexibility index (Phi) is 9.72. The largest absolute Gasteiger partial charge is 0.415 e. The lowest BCUT2D eigenvalue weighted by atomic mass is 9.90. The first-order valence-electron chi connectivity index (χ1n) is 21.5. The minimum atomic E-state index is -4.67. The quantitative estimate of drug-likeness (QED) is 0.156. The molecule has 9 aromatic carbocycles. The van der Waals surface area contributed by atoms with E-state index in [1.807, 2.05) is 127 Å². The van der Waals surface area contributed by atoms with Crippen LogP contribution < -0.4 is 0 Å². The standard InChI is InChI=1S/C59H31F3N6/c1-65-52-16-8-5-13-43(52)38-21-28-58-51(31-38)47-15-7-10-18-55(47)68(58)57-26-19-36(34-63)29-49(57)48-33-41(23-25-44(48)45-24-22-40(59(60,61)62)32-53(45)66-2)67-54-17-9-6-14-46(54)50-30-37(20-27-56(50)67)42-12-4-3-11-39(42)35-64/h3-33H. The van der Waals surface area contributed by atoms with Crippen LogP contribution >= 0.6 is 0 Å². The van der Waals surface area contributed by atoms with Gasteiger partial charge in [0.05, 0.1) is 64.2 Å². The average molecular weight is 881 g/mol. The van der Waals surface area contributed by atoms with Gasteiger partial charge in [-0.2, -0.15) is 23.7 Å². The van der Waals surface area contributed by atoms with Gasteiger partial charge in [-0.3, -0.25) is 0 Å². The van der Waals surface area contributed by atoms with Gasteiger partial charge in [0.15, 0.2) is 11.4 Å². The van der Waals surface area contributed by atoms with Gasteiger partial charge in [-0.1, -0.05) is 109 Å². The molecule has 0 saturated heterocycles. The van der Waals surface area contributed by atoms with Crippen molar-refractivity contribution in [3.05, 3.63) is 228 Å². The maximum absolute atomic E-state index is 14.1. The van der Waals surface area contributed by atoms with Gasteiger partial charge in [0, 0.05) is 38.4 Å². The number of aromatic nitrogens is 2. The summed E-state index contributed by atoms with van der Waals surface area (Å²) in [5.74, 6) is 0. The van der Waals surface area contributed by atoms with Crippen molar-refractivity contribution in [2.24, 2.45) is 0 Å². The van der Waals surface area contributed by atoms with Gasteiger partial charge in [0.25, 0.3) is 0 Å². The van der Waals surface area contributed by atoms with Gasteiger partial charge < -0.3 is 9.13 Å². The molecule has 0 aliphatic carbocycles. The van der Waals surface area contributed by atoms with E-state index >= 15 is 0 Å². The number of halogens is 3. The zero-order valence-corrected chi connectivity index (χ0v) is 35.7. The minimum Gasteiger partial charge on any atom is -0.309 e. The van der Waals surface area contributed by atoms with Crippen LogP contribution in [0.25, 0.3) is 109 Å². The molecule has 0 saturated carbocycles. The van der Waals surface area contributed by atoms with E-state index in [0.717, 1.165) is 83.7 Å². The smallest absolute Gasteiger partial charge is 0.309 e. The molecule has 11 rings (SSSR count). The predicted molar refractivity (Wildman–Crippen MR) is 264 cm³/mol. The van der Waals surface area contributed by atoms with Gasteiger partial charge in [-0.05, 0) is 118 Å². The van der Waals surface area contributed by atoms with E-state index in [-0.39, 0.29) is 5.69 Å². The summed E-state index contributed by atoms with van der Waals surface area (Å²) in [6.07, 6.45) is -4.67. The summed E-state index contributed by atoms with van der Waals surface area (Å²) in [7, 11) is 0. The summed E-state index contributed by atoms with van der Waals surface area (Å²) in [5.41, 5.74) is 10.7. The monoisotopic (exact) mass is 880 g/mol. The van der Waals surface area contributed by atoms with Crippen LogP contribution in [-0.2, 0) is 6.18 Å². The van der Waals surface area contributed by atoms with E-state index in [0.29, 0.717) is 44.8 Å². The van der Waals surface area contributed by atoms with Crippen LogP contribution in [0.4, 0.5) is 24.5 Å². The number of nitrogens with zero attached hydrogens (tertiary/aromatic N) is 6. The summed E-state index contributed by atoms with van der Waals surface area (Å²) in [6, 6.07) is 62.3. The highest BCUT2D eigenvalue weighted by Crippen LogP contribution is 2.46. The lowest BCUT2D eigenvalue weighted by Gasteiger charge is -2.20. The van der Waals surface area contributed by atoms with E-state index in [4.69, 9.17) is 13.1 Å². The third kappa shape index (κ3) is 6.63. The number of hydrogen-bond acceptors (Lipinski definition) is 2. The van der Waals surface area contributed by atoms with Crippen molar-refractivity contribution < 1.29 is 13.2 Å². The molecular weight excluding hydrogens is 850 g/mol. The number of benzene rings is 9. The zero-order chi connectivity index (χ0) is 46.7. The Morgan fingerprint density at radius 1 is 0.426 bits per heavy atom. The van der Waals surface area contributed by atoms with Gasteiger partial charge in [0.2, 0.25) is 0 Å². The van der Waals surface area contributed by atoms with E-state index in [2.05, 4.69) is 49.2 Å². The fraction of sp³-hybridized carbons (Fsp3) is 0.0169. The second-order valence-electron chi connectivity index (χ2n) is 16.4. The average Bonchev–Trinajstić information content (AvgIpc) is 3.89. The lowest BCUT2D eigenvalue weighted by Crippen LogP contribution is -2.04. The molecule has 9 heteroatoms. The highest BCUT2D eigenvalue weighted by molar-refractivity contribution is 6.13. The molecule has 0 atom stereocenters. The highest BCUT2D eigenvalue weighted by atomic mass is 19.4. The van der Waals surface area contributed by atoms with Crippen molar-refractivity contribution in [1.29, 1.82) is 10.5 Å². The number of rotatable bonds is 6. The normalized spacial score (nSPS) is 11.4. The molecule has 6 nitrogen and oxygen atoms in total. The molecule has 2 heterocycles. The Labute approximate surface area is 388 Å². The number of para-hydroxylation sites is 3. The van der Waals surface area contributed by atoms with Crippen molar-refractivity contribution in [2.45, 2.75) is 6.18 Å². The molecule has 0 aliphatic rings. The topological polar surface area (TPSA) is 66.2 Å².